The molecular weight excluding hydrogens is 370 g/mol. The zero-order valence-corrected chi connectivity index (χ0v) is 14.5. The summed E-state index contributed by atoms with van der Waals surface area (Å²) < 4.78 is 13.7. The number of rotatable bonds is 4. The van der Waals surface area contributed by atoms with E-state index in [4.69, 9.17) is 0 Å². The molecule has 0 saturated carbocycles. The molecular formula is C14H22FIN4. The molecule has 0 unspecified atom stereocenters. The van der Waals surface area contributed by atoms with Gasteiger partial charge >= 0.3 is 0 Å². The predicted molar refractivity (Wildman–Crippen MR) is 91.0 cm³/mol. The van der Waals surface area contributed by atoms with Gasteiger partial charge in [0.1, 0.15) is 5.82 Å². The molecule has 20 heavy (non-hydrogen) atoms. The minimum atomic E-state index is -0.146. The number of nitrogens with one attached hydrogen (secondary N) is 1. The number of halogens is 2. The monoisotopic (exact) mass is 392 g/mol. The van der Waals surface area contributed by atoms with Crippen LogP contribution in [0.5, 0.6) is 0 Å². The molecule has 0 radical (unpaired) electrons. The third-order valence-electron chi connectivity index (χ3n) is 3.11. The highest BCUT2D eigenvalue weighted by Gasteiger charge is 2.12. The van der Waals surface area contributed by atoms with Crippen molar-refractivity contribution in [2.45, 2.75) is 13.1 Å². The summed E-state index contributed by atoms with van der Waals surface area (Å²) in [5, 5.41) is 3.29. The van der Waals surface area contributed by atoms with Crippen LogP contribution in [0, 0.1) is 5.82 Å². The number of hydrogen-bond donors (Lipinski definition) is 1. The molecule has 0 aromatic heterocycles. The summed E-state index contributed by atoms with van der Waals surface area (Å²) in [6, 6.07) is 5.27. The fourth-order valence-corrected chi connectivity index (χ4v) is 2.10. The molecule has 0 bridgehead atoms. The van der Waals surface area contributed by atoms with Gasteiger partial charge in [0, 0.05) is 32.2 Å². The van der Waals surface area contributed by atoms with Gasteiger partial charge in [-0.15, -0.1) is 24.0 Å². The SMILES string of the molecule is CN(C)Cc1cc(CNC2=NCCN2C)ccc1F.I. The zero-order valence-electron chi connectivity index (χ0n) is 12.2. The van der Waals surface area contributed by atoms with Gasteiger partial charge in [-0.1, -0.05) is 6.07 Å². The lowest BCUT2D eigenvalue weighted by atomic mass is 10.1. The Kier molecular flexibility index (Phi) is 6.67. The van der Waals surface area contributed by atoms with E-state index >= 15 is 0 Å². The molecule has 1 heterocycles. The van der Waals surface area contributed by atoms with Gasteiger partial charge in [-0.3, -0.25) is 4.99 Å². The second kappa shape index (κ2) is 7.78. The highest BCUT2D eigenvalue weighted by molar-refractivity contribution is 14.0. The number of hydrogen-bond acceptors (Lipinski definition) is 4. The highest BCUT2D eigenvalue weighted by Crippen LogP contribution is 2.12. The standard InChI is InChI=1S/C14H21FN4.HI/c1-18(2)10-12-8-11(4-5-13(12)15)9-17-14-16-6-7-19(14)3;/h4-5,8H,6-7,9-10H2,1-3H3,(H,16,17);1H. The lowest BCUT2D eigenvalue weighted by Gasteiger charge is -2.16. The van der Waals surface area contributed by atoms with Crippen LogP contribution in [0.1, 0.15) is 11.1 Å². The normalized spacial score (nSPS) is 14.2. The molecule has 0 saturated heterocycles. The van der Waals surface area contributed by atoms with Gasteiger partial charge in [0.05, 0.1) is 6.54 Å². The van der Waals surface area contributed by atoms with Crippen molar-refractivity contribution < 1.29 is 4.39 Å². The number of aliphatic imine (C=N–C) groups is 1. The van der Waals surface area contributed by atoms with E-state index < -0.39 is 0 Å². The van der Waals surface area contributed by atoms with Crippen LogP contribution in [0.2, 0.25) is 0 Å². The average Bonchev–Trinajstić information content (AvgIpc) is 2.75. The molecule has 4 nitrogen and oxygen atoms in total. The molecule has 0 aliphatic carbocycles. The van der Waals surface area contributed by atoms with Gasteiger partial charge in [0.2, 0.25) is 0 Å². The van der Waals surface area contributed by atoms with E-state index in [-0.39, 0.29) is 29.8 Å². The Labute approximate surface area is 137 Å². The maximum Gasteiger partial charge on any atom is 0.194 e. The Morgan fingerprint density at radius 3 is 2.75 bits per heavy atom. The first kappa shape index (κ1) is 17.2. The summed E-state index contributed by atoms with van der Waals surface area (Å²) in [7, 11) is 5.89. The van der Waals surface area contributed by atoms with E-state index in [1.807, 2.05) is 38.2 Å². The molecule has 0 atom stereocenters. The summed E-state index contributed by atoms with van der Waals surface area (Å²) in [6.45, 7) is 3.08. The number of likely N-dealkylation sites (N-methyl/N-ethyl adjacent to an activating group) is 1. The molecule has 2 rings (SSSR count). The maximum atomic E-state index is 13.7. The summed E-state index contributed by atoms with van der Waals surface area (Å²) in [5.41, 5.74) is 1.80. The van der Waals surface area contributed by atoms with E-state index in [0.717, 1.165) is 30.2 Å². The van der Waals surface area contributed by atoms with Crippen molar-refractivity contribution in [1.29, 1.82) is 0 Å². The molecule has 112 valence electrons. The lowest BCUT2D eigenvalue weighted by molar-refractivity contribution is 0.392. The van der Waals surface area contributed by atoms with Gasteiger partial charge in [0.15, 0.2) is 5.96 Å². The molecule has 0 fully saturated rings. The lowest BCUT2D eigenvalue weighted by Crippen LogP contribution is -2.35. The fraction of sp³-hybridized carbons (Fsp3) is 0.500. The first-order chi connectivity index (χ1) is 9.06. The van der Waals surface area contributed by atoms with Gasteiger partial charge in [-0.05, 0) is 31.8 Å². The smallest absolute Gasteiger partial charge is 0.194 e. The van der Waals surface area contributed by atoms with Crippen molar-refractivity contribution in [3.05, 3.63) is 35.1 Å². The van der Waals surface area contributed by atoms with Crippen LogP contribution in [0.4, 0.5) is 4.39 Å². The van der Waals surface area contributed by atoms with Crippen molar-refractivity contribution in [2.75, 3.05) is 34.2 Å². The van der Waals surface area contributed by atoms with Crippen molar-refractivity contribution in [3.8, 4) is 0 Å². The van der Waals surface area contributed by atoms with E-state index in [1.165, 1.54) is 6.07 Å². The number of benzene rings is 1. The molecule has 0 spiro atoms. The van der Waals surface area contributed by atoms with Crippen molar-refractivity contribution in [1.82, 2.24) is 15.1 Å². The van der Waals surface area contributed by atoms with Crippen LogP contribution in [-0.4, -0.2) is 50.0 Å². The summed E-state index contributed by atoms with van der Waals surface area (Å²) in [4.78, 5) is 8.42. The molecule has 1 N–H and O–H groups in total. The first-order valence-electron chi connectivity index (χ1n) is 6.48. The van der Waals surface area contributed by atoms with Gasteiger partial charge in [-0.25, -0.2) is 4.39 Å². The van der Waals surface area contributed by atoms with Crippen LogP contribution < -0.4 is 5.32 Å². The Hall–Kier alpha value is -0.890. The molecule has 1 aliphatic rings. The Morgan fingerprint density at radius 1 is 1.40 bits per heavy atom. The largest absolute Gasteiger partial charge is 0.352 e. The summed E-state index contributed by atoms with van der Waals surface area (Å²) in [5.74, 6) is 0.770. The molecule has 1 aliphatic heterocycles. The summed E-state index contributed by atoms with van der Waals surface area (Å²) in [6.07, 6.45) is 0. The van der Waals surface area contributed by atoms with Gasteiger partial charge in [0.25, 0.3) is 0 Å². The molecule has 1 aromatic rings. The Bertz CT molecular complexity index is 476. The molecule has 1 aromatic carbocycles. The summed E-state index contributed by atoms with van der Waals surface area (Å²) >= 11 is 0. The van der Waals surface area contributed by atoms with Crippen LogP contribution in [0.25, 0.3) is 0 Å². The predicted octanol–water partition coefficient (Wildman–Crippen LogP) is 1.90. The van der Waals surface area contributed by atoms with Crippen LogP contribution in [-0.2, 0) is 13.1 Å². The number of nitrogens with zero attached hydrogens (tertiary/aromatic N) is 3. The zero-order chi connectivity index (χ0) is 13.8. The minimum Gasteiger partial charge on any atom is -0.352 e. The molecule has 6 heteroatoms. The van der Waals surface area contributed by atoms with E-state index in [0.29, 0.717) is 13.1 Å². The second-order valence-electron chi connectivity index (χ2n) is 5.14. The van der Waals surface area contributed by atoms with E-state index in [9.17, 15) is 4.39 Å². The third-order valence-corrected chi connectivity index (χ3v) is 3.11. The first-order valence-corrected chi connectivity index (χ1v) is 6.48. The fourth-order valence-electron chi connectivity index (χ4n) is 2.10. The van der Waals surface area contributed by atoms with E-state index in [2.05, 4.69) is 15.2 Å². The number of guanidine groups is 1. The van der Waals surface area contributed by atoms with Crippen LogP contribution >= 0.6 is 24.0 Å². The van der Waals surface area contributed by atoms with E-state index in [1.54, 1.807) is 0 Å². The third kappa shape index (κ3) is 4.59. The second-order valence-corrected chi connectivity index (χ2v) is 5.14. The minimum absolute atomic E-state index is 0. The van der Waals surface area contributed by atoms with Gasteiger partial charge in [-0.2, -0.15) is 0 Å². The highest BCUT2D eigenvalue weighted by atomic mass is 127. The quantitative estimate of drug-likeness (QED) is 0.795. The van der Waals surface area contributed by atoms with Crippen LogP contribution in [0.15, 0.2) is 23.2 Å². The van der Waals surface area contributed by atoms with Crippen molar-refractivity contribution >= 4 is 29.9 Å². The van der Waals surface area contributed by atoms with Crippen molar-refractivity contribution in [3.63, 3.8) is 0 Å². The van der Waals surface area contributed by atoms with Gasteiger partial charge < -0.3 is 15.1 Å². The topological polar surface area (TPSA) is 30.9 Å². The molecule has 0 amide bonds. The van der Waals surface area contributed by atoms with Crippen molar-refractivity contribution in [2.24, 2.45) is 4.99 Å². The van der Waals surface area contributed by atoms with Crippen LogP contribution in [0.3, 0.4) is 0 Å². The Morgan fingerprint density at radius 2 is 2.15 bits per heavy atom. The average molecular weight is 392 g/mol. The Balaban J connectivity index is 0.00000200. The maximum absolute atomic E-state index is 13.7.